The fourth-order valence-corrected chi connectivity index (χ4v) is 5.56. The highest BCUT2D eigenvalue weighted by molar-refractivity contribution is 7.15. The van der Waals surface area contributed by atoms with Crippen LogP contribution in [-0.2, 0) is 9.53 Å². The molecule has 138 valence electrons. The number of morpholine rings is 1. The number of hydrogen-bond acceptors (Lipinski definition) is 6. The summed E-state index contributed by atoms with van der Waals surface area (Å²) in [4.78, 5) is 22.8. The molecular weight excluding hydrogens is 336 g/mol. The van der Waals surface area contributed by atoms with Crippen LogP contribution >= 0.6 is 11.3 Å². The van der Waals surface area contributed by atoms with E-state index >= 15 is 0 Å². The van der Waals surface area contributed by atoms with Crippen LogP contribution in [0.25, 0.3) is 0 Å². The van der Waals surface area contributed by atoms with Crippen LogP contribution in [0.4, 0.5) is 5.13 Å². The smallest absolute Gasteiger partial charge is 0.240 e. The lowest BCUT2D eigenvalue weighted by molar-refractivity contribution is -0.119. The molecule has 1 aliphatic carbocycles. The van der Waals surface area contributed by atoms with E-state index < -0.39 is 0 Å². The molecule has 1 aromatic heterocycles. The Morgan fingerprint density at radius 1 is 1.32 bits per heavy atom. The van der Waals surface area contributed by atoms with E-state index in [1.54, 1.807) is 6.20 Å². The van der Waals surface area contributed by atoms with Gasteiger partial charge in [-0.3, -0.25) is 14.6 Å². The normalized spacial score (nSPS) is 31.0. The minimum Gasteiger partial charge on any atom is -0.379 e. The van der Waals surface area contributed by atoms with Crippen LogP contribution in [0.5, 0.6) is 0 Å². The van der Waals surface area contributed by atoms with Crippen molar-refractivity contribution in [1.82, 2.24) is 14.8 Å². The van der Waals surface area contributed by atoms with E-state index in [1.165, 1.54) is 30.6 Å². The Kier molecular flexibility index (Phi) is 5.36. The molecule has 1 N–H and O–H groups in total. The van der Waals surface area contributed by atoms with Gasteiger partial charge in [-0.2, -0.15) is 0 Å². The minimum atomic E-state index is 0.0669. The van der Waals surface area contributed by atoms with Gasteiger partial charge in [0.25, 0.3) is 0 Å². The fraction of sp³-hybridized carbons (Fsp3) is 0.778. The first-order valence-corrected chi connectivity index (χ1v) is 10.3. The maximum absolute atomic E-state index is 12.4. The highest BCUT2D eigenvalue weighted by atomic mass is 32.1. The van der Waals surface area contributed by atoms with Gasteiger partial charge in [-0.05, 0) is 31.6 Å². The van der Waals surface area contributed by atoms with E-state index in [9.17, 15) is 4.79 Å². The van der Waals surface area contributed by atoms with Crippen LogP contribution in [0.3, 0.4) is 0 Å². The number of aromatic nitrogens is 1. The van der Waals surface area contributed by atoms with Crippen molar-refractivity contribution in [2.45, 2.75) is 32.2 Å². The van der Waals surface area contributed by atoms with Crippen molar-refractivity contribution in [2.24, 2.45) is 11.8 Å². The maximum Gasteiger partial charge on any atom is 0.240 e. The van der Waals surface area contributed by atoms with Gasteiger partial charge in [-0.1, -0.05) is 6.42 Å². The number of hydrogen-bond donors (Lipinski definition) is 1. The molecule has 2 bridgehead atoms. The third-order valence-electron chi connectivity index (χ3n) is 5.80. The molecule has 7 heteroatoms. The largest absolute Gasteiger partial charge is 0.379 e. The summed E-state index contributed by atoms with van der Waals surface area (Å²) in [5.74, 6) is 1.46. The molecular formula is C18H28N4O2S. The zero-order valence-electron chi connectivity index (χ0n) is 14.9. The number of rotatable bonds is 4. The quantitative estimate of drug-likeness (QED) is 0.883. The second-order valence-corrected chi connectivity index (χ2v) is 8.84. The predicted octanol–water partition coefficient (Wildman–Crippen LogP) is 1.82. The van der Waals surface area contributed by atoms with Gasteiger partial charge in [-0.25, -0.2) is 4.98 Å². The van der Waals surface area contributed by atoms with Gasteiger partial charge in [0.1, 0.15) is 0 Å². The van der Waals surface area contributed by atoms with E-state index in [1.807, 2.05) is 6.92 Å². The average molecular weight is 365 g/mol. The third kappa shape index (κ3) is 4.05. The molecule has 2 atom stereocenters. The van der Waals surface area contributed by atoms with Crippen LogP contribution in [-0.4, -0.2) is 72.7 Å². The van der Waals surface area contributed by atoms with Gasteiger partial charge in [0.05, 0.1) is 19.8 Å². The molecule has 2 aliphatic heterocycles. The molecule has 6 nitrogen and oxygen atoms in total. The SMILES string of the molecule is Cc1cnc(NC(=O)CN2C[C@@H]3CCC[C@@H](C2)C3N2CCOCC2)s1. The van der Waals surface area contributed by atoms with Gasteiger partial charge in [-0.15, -0.1) is 11.3 Å². The van der Waals surface area contributed by atoms with Crippen LogP contribution in [0.2, 0.25) is 0 Å². The van der Waals surface area contributed by atoms with E-state index in [0.717, 1.165) is 44.3 Å². The van der Waals surface area contributed by atoms with Gasteiger partial charge in [0, 0.05) is 43.3 Å². The number of ether oxygens (including phenoxy) is 1. The number of anilines is 1. The Morgan fingerprint density at radius 2 is 2.04 bits per heavy atom. The van der Waals surface area contributed by atoms with Crippen molar-refractivity contribution in [3.8, 4) is 0 Å². The second-order valence-electron chi connectivity index (χ2n) is 7.61. The molecule has 1 amide bonds. The number of thiazole rings is 1. The highest BCUT2D eigenvalue weighted by Gasteiger charge is 2.42. The van der Waals surface area contributed by atoms with Crippen molar-refractivity contribution >= 4 is 22.4 Å². The summed E-state index contributed by atoms with van der Waals surface area (Å²) in [6.07, 6.45) is 5.73. The van der Waals surface area contributed by atoms with Gasteiger partial charge < -0.3 is 10.1 Å². The molecule has 0 unspecified atom stereocenters. The number of nitrogens with one attached hydrogen (secondary N) is 1. The van der Waals surface area contributed by atoms with E-state index in [0.29, 0.717) is 29.6 Å². The number of piperidine rings is 1. The number of likely N-dealkylation sites (tertiary alicyclic amines) is 1. The topological polar surface area (TPSA) is 57.7 Å². The molecule has 0 radical (unpaired) electrons. The Balaban J connectivity index is 1.35. The van der Waals surface area contributed by atoms with Gasteiger partial charge in [0.15, 0.2) is 5.13 Å². The lowest BCUT2D eigenvalue weighted by Crippen LogP contribution is -2.60. The van der Waals surface area contributed by atoms with Crippen molar-refractivity contribution in [3.05, 3.63) is 11.1 Å². The van der Waals surface area contributed by atoms with Crippen LogP contribution in [0.15, 0.2) is 6.20 Å². The maximum atomic E-state index is 12.4. The Hall–Kier alpha value is -1.02. The molecule has 3 aliphatic rings. The lowest BCUT2D eigenvalue weighted by atomic mass is 9.72. The number of fused-ring (bicyclic) bond motifs is 2. The Bertz CT molecular complexity index is 588. The molecule has 4 rings (SSSR count). The standard InChI is InChI=1S/C18H28N4O2S/c1-13-9-19-18(25-13)20-16(23)12-21-10-14-3-2-4-15(11-21)17(14)22-5-7-24-8-6-22/h9,14-15,17H,2-8,10-12H2,1H3,(H,19,20,23)/t14-,15-/m0/s1. The molecule has 1 saturated carbocycles. The summed E-state index contributed by atoms with van der Waals surface area (Å²) in [7, 11) is 0. The summed E-state index contributed by atoms with van der Waals surface area (Å²) >= 11 is 1.53. The molecule has 3 heterocycles. The van der Waals surface area contributed by atoms with Crippen LogP contribution < -0.4 is 5.32 Å². The van der Waals surface area contributed by atoms with Crippen molar-refractivity contribution < 1.29 is 9.53 Å². The summed E-state index contributed by atoms with van der Waals surface area (Å²) in [5.41, 5.74) is 0. The lowest BCUT2D eigenvalue weighted by Gasteiger charge is -2.52. The summed E-state index contributed by atoms with van der Waals surface area (Å²) in [5, 5.41) is 3.66. The number of aryl methyl sites for hydroxylation is 1. The first-order valence-electron chi connectivity index (χ1n) is 9.45. The zero-order valence-corrected chi connectivity index (χ0v) is 15.8. The molecule has 2 saturated heterocycles. The van der Waals surface area contributed by atoms with E-state index in [4.69, 9.17) is 4.74 Å². The van der Waals surface area contributed by atoms with E-state index in [-0.39, 0.29) is 5.91 Å². The van der Waals surface area contributed by atoms with Crippen LogP contribution in [0.1, 0.15) is 24.1 Å². The van der Waals surface area contributed by atoms with Crippen molar-refractivity contribution in [2.75, 3.05) is 51.3 Å². The number of carbonyl (C=O) groups is 1. The van der Waals surface area contributed by atoms with Gasteiger partial charge in [0.2, 0.25) is 5.91 Å². The third-order valence-corrected chi connectivity index (χ3v) is 6.63. The monoisotopic (exact) mass is 364 g/mol. The molecule has 1 aromatic rings. The summed E-state index contributed by atoms with van der Waals surface area (Å²) < 4.78 is 5.53. The molecule has 0 aromatic carbocycles. The first-order chi connectivity index (χ1) is 12.2. The molecule has 0 spiro atoms. The fourth-order valence-electron chi connectivity index (χ4n) is 4.88. The Labute approximate surface area is 153 Å². The number of nitrogens with zero attached hydrogens (tertiary/aromatic N) is 3. The number of amides is 1. The van der Waals surface area contributed by atoms with Gasteiger partial charge >= 0.3 is 0 Å². The summed E-state index contributed by atoms with van der Waals surface area (Å²) in [6, 6.07) is 0.693. The number of carbonyl (C=O) groups excluding carboxylic acids is 1. The first kappa shape index (κ1) is 17.4. The molecule has 25 heavy (non-hydrogen) atoms. The van der Waals surface area contributed by atoms with Crippen molar-refractivity contribution in [3.63, 3.8) is 0 Å². The molecule has 3 fully saturated rings. The van der Waals surface area contributed by atoms with Crippen molar-refractivity contribution in [1.29, 1.82) is 0 Å². The minimum absolute atomic E-state index is 0.0669. The second kappa shape index (κ2) is 7.70. The predicted molar refractivity (Wildman–Crippen MR) is 98.9 cm³/mol. The van der Waals surface area contributed by atoms with Crippen LogP contribution in [0, 0.1) is 18.8 Å². The van der Waals surface area contributed by atoms with E-state index in [2.05, 4.69) is 20.1 Å². The highest BCUT2D eigenvalue weighted by Crippen LogP contribution is 2.38. The average Bonchev–Trinajstić information content (AvgIpc) is 2.99. The Morgan fingerprint density at radius 3 is 2.68 bits per heavy atom. The summed E-state index contributed by atoms with van der Waals surface area (Å²) in [6.45, 7) is 8.46. The zero-order chi connectivity index (χ0) is 17.2.